The lowest BCUT2D eigenvalue weighted by atomic mass is 10.3. The molecule has 3 heterocycles. The average Bonchev–Trinajstić information content (AvgIpc) is 3.25. The van der Waals surface area contributed by atoms with Crippen LogP contribution in [0.25, 0.3) is 10.2 Å². The fourth-order valence-electron chi connectivity index (χ4n) is 3.11. The van der Waals surface area contributed by atoms with Crippen molar-refractivity contribution in [3.8, 4) is 5.75 Å². The van der Waals surface area contributed by atoms with Crippen molar-refractivity contribution in [2.24, 2.45) is 7.05 Å². The van der Waals surface area contributed by atoms with Crippen LogP contribution in [-0.2, 0) is 7.05 Å². The molecule has 1 aliphatic heterocycles. The maximum atomic E-state index is 12.7. The lowest BCUT2D eigenvalue weighted by molar-refractivity contribution is 0.0772. The minimum atomic E-state index is -0.111. The lowest BCUT2D eigenvalue weighted by Gasteiger charge is -2.16. The van der Waals surface area contributed by atoms with Crippen LogP contribution in [0.3, 0.4) is 0 Å². The summed E-state index contributed by atoms with van der Waals surface area (Å²) in [6, 6.07) is 11.1. The topological polar surface area (TPSA) is 64.4 Å². The number of ether oxygens (including phenoxy) is 1. The number of hydrogen-bond acceptors (Lipinski definition) is 5. The molecule has 2 aromatic heterocycles. The minimum Gasteiger partial charge on any atom is -0.488 e. The summed E-state index contributed by atoms with van der Waals surface area (Å²) in [5, 5.41) is 0.510. The molecule has 1 saturated heterocycles. The van der Waals surface area contributed by atoms with Crippen molar-refractivity contribution in [3.63, 3.8) is 0 Å². The molecule has 0 N–H and O–H groups in total. The Labute approximate surface area is 154 Å². The van der Waals surface area contributed by atoms with E-state index in [2.05, 4.69) is 4.98 Å². The molecule has 6 nitrogen and oxygen atoms in total. The molecule has 134 valence electrons. The summed E-state index contributed by atoms with van der Waals surface area (Å²) in [6.45, 7) is 3.00. The van der Waals surface area contributed by atoms with Crippen LogP contribution in [0, 0.1) is 6.92 Å². The van der Waals surface area contributed by atoms with Crippen molar-refractivity contribution in [1.29, 1.82) is 0 Å². The highest BCUT2D eigenvalue weighted by atomic mass is 32.1. The minimum absolute atomic E-state index is 0.0579. The number of nitrogens with zero attached hydrogens (tertiary/aromatic N) is 3. The molecule has 0 radical (unpaired) electrons. The lowest BCUT2D eigenvalue weighted by Crippen LogP contribution is -2.31. The molecule has 1 atom stereocenters. The number of para-hydroxylation sites is 1. The van der Waals surface area contributed by atoms with Crippen LogP contribution in [0.15, 0.2) is 41.2 Å². The number of carbonyl (C=O) groups is 1. The van der Waals surface area contributed by atoms with E-state index in [-0.39, 0.29) is 17.6 Å². The van der Waals surface area contributed by atoms with Gasteiger partial charge in [0.15, 0.2) is 5.01 Å². The molecule has 1 amide bonds. The Morgan fingerprint density at radius 2 is 2.12 bits per heavy atom. The summed E-state index contributed by atoms with van der Waals surface area (Å²) in [7, 11) is 1.73. The van der Waals surface area contributed by atoms with Gasteiger partial charge in [-0.1, -0.05) is 12.1 Å². The number of carbonyl (C=O) groups excluding carboxylic acids is 1. The fourth-order valence-corrected chi connectivity index (χ4v) is 4.04. The number of rotatable bonds is 3. The van der Waals surface area contributed by atoms with Crippen molar-refractivity contribution >= 4 is 27.5 Å². The first-order valence-corrected chi connectivity index (χ1v) is 9.32. The van der Waals surface area contributed by atoms with Crippen molar-refractivity contribution < 1.29 is 9.53 Å². The number of thiazole rings is 1. The van der Waals surface area contributed by atoms with Gasteiger partial charge in [0.25, 0.3) is 11.5 Å². The third-order valence-corrected chi connectivity index (χ3v) is 5.71. The van der Waals surface area contributed by atoms with Crippen LogP contribution < -0.4 is 10.3 Å². The summed E-state index contributed by atoms with van der Waals surface area (Å²) < 4.78 is 8.53. The molecule has 0 saturated carbocycles. The van der Waals surface area contributed by atoms with Gasteiger partial charge in [0.2, 0.25) is 0 Å². The van der Waals surface area contributed by atoms with Crippen molar-refractivity contribution in [3.05, 3.63) is 57.5 Å². The van der Waals surface area contributed by atoms with E-state index in [4.69, 9.17) is 4.74 Å². The summed E-state index contributed by atoms with van der Waals surface area (Å²) >= 11 is 1.42. The molecule has 7 heteroatoms. The third-order valence-electron chi connectivity index (χ3n) is 4.69. The number of amides is 1. The zero-order valence-electron chi connectivity index (χ0n) is 14.6. The standard InChI is InChI=1S/C19H19N3O3S/c1-12-9-14(10-17(23)21(12)2)25-13-7-8-22(11-13)19(24)18-20-15-5-3-4-6-16(15)26-18/h3-6,9-10,13H,7-8,11H2,1-2H3/t13-/m1/s1. The molecule has 26 heavy (non-hydrogen) atoms. The molecule has 0 unspecified atom stereocenters. The van der Waals surface area contributed by atoms with E-state index in [0.29, 0.717) is 23.8 Å². The van der Waals surface area contributed by atoms with Gasteiger partial charge >= 0.3 is 0 Å². The number of aromatic nitrogens is 2. The summed E-state index contributed by atoms with van der Waals surface area (Å²) in [5.41, 5.74) is 1.59. The highest BCUT2D eigenvalue weighted by molar-refractivity contribution is 7.20. The zero-order valence-corrected chi connectivity index (χ0v) is 15.5. The normalized spacial score (nSPS) is 17.0. The smallest absolute Gasteiger partial charge is 0.283 e. The van der Waals surface area contributed by atoms with Gasteiger partial charge in [-0.15, -0.1) is 11.3 Å². The maximum Gasteiger partial charge on any atom is 0.283 e. The molecule has 1 aliphatic rings. The Bertz CT molecular complexity index is 1010. The fraction of sp³-hybridized carbons (Fsp3) is 0.316. The van der Waals surface area contributed by atoms with E-state index in [9.17, 15) is 9.59 Å². The second-order valence-electron chi connectivity index (χ2n) is 6.50. The van der Waals surface area contributed by atoms with Crippen LogP contribution in [0.5, 0.6) is 5.75 Å². The predicted molar refractivity (Wildman–Crippen MR) is 101 cm³/mol. The largest absolute Gasteiger partial charge is 0.488 e. The van der Waals surface area contributed by atoms with Crippen molar-refractivity contribution in [2.45, 2.75) is 19.4 Å². The number of fused-ring (bicyclic) bond motifs is 1. The van der Waals surface area contributed by atoms with Gasteiger partial charge in [-0.3, -0.25) is 9.59 Å². The highest BCUT2D eigenvalue weighted by Gasteiger charge is 2.30. The second-order valence-corrected chi connectivity index (χ2v) is 7.53. The van der Waals surface area contributed by atoms with Crippen molar-refractivity contribution in [2.75, 3.05) is 13.1 Å². The Hall–Kier alpha value is -2.67. The molecule has 0 aliphatic carbocycles. The molecule has 0 spiro atoms. The molecular formula is C19H19N3O3S. The van der Waals surface area contributed by atoms with Crippen molar-refractivity contribution in [1.82, 2.24) is 14.5 Å². The van der Waals surface area contributed by atoms with Gasteiger partial charge in [0.05, 0.1) is 16.8 Å². The first-order valence-electron chi connectivity index (χ1n) is 8.50. The summed E-state index contributed by atoms with van der Waals surface area (Å²) in [4.78, 5) is 30.8. The number of benzene rings is 1. The average molecular weight is 369 g/mol. The van der Waals surface area contributed by atoms with Gasteiger partial charge in [0, 0.05) is 31.8 Å². The third kappa shape index (κ3) is 3.10. The Morgan fingerprint density at radius 3 is 2.88 bits per heavy atom. The number of hydrogen-bond donors (Lipinski definition) is 0. The van der Waals surface area contributed by atoms with Gasteiger partial charge in [-0.05, 0) is 25.1 Å². The molecular weight excluding hydrogens is 350 g/mol. The first-order chi connectivity index (χ1) is 12.5. The van der Waals surface area contributed by atoms with Crippen LogP contribution in [0.4, 0.5) is 0 Å². The maximum absolute atomic E-state index is 12.7. The number of pyridine rings is 1. The molecule has 4 rings (SSSR count). The molecule has 1 fully saturated rings. The van der Waals surface area contributed by atoms with E-state index in [1.807, 2.05) is 37.3 Å². The van der Waals surface area contributed by atoms with Crippen LogP contribution in [0.2, 0.25) is 0 Å². The van der Waals surface area contributed by atoms with Gasteiger partial charge in [-0.2, -0.15) is 0 Å². The monoisotopic (exact) mass is 369 g/mol. The van der Waals surface area contributed by atoms with E-state index in [1.165, 1.54) is 17.4 Å². The first kappa shape index (κ1) is 16.8. The summed E-state index contributed by atoms with van der Waals surface area (Å²) in [5.74, 6) is 0.502. The van der Waals surface area contributed by atoms with E-state index >= 15 is 0 Å². The highest BCUT2D eigenvalue weighted by Crippen LogP contribution is 2.25. The van der Waals surface area contributed by atoms with E-state index in [0.717, 1.165) is 22.3 Å². The summed E-state index contributed by atoms with van der Waals surface area (Å²) in [6.07, 6.45) is 0.630. The van der Waals surface area contributed by atoms with Crippen LogP contribution >= 0.6 is 11.3 Å². The predicted octanol–water partition coefficient (Wildman–Crippen LogP) is 2.60. The van der Waals surface area contributed by atoms with Crippen LogP contribution in [0.1, 0.15) is 21.9 Å². The van der Waals surface area contributed by atoms with Crippen LogP contribution in [-0.4, -0.2) is 39.6 Å². The molecule has 0 bridgehead atoms. The molecule has 1 aromatic carbocycles. The second kappa shape index (κ2) is 6.57. The quantitative estimate of drug-likeness (QED) is 0.712. The zero-order chi connectivity index (χ0) is 18.3. The van der Waals surface area contributed by atoms with Gasteiger partial charge in [-0.25, -0.2) is 4.98 Å². The Balaban J connectivity index is 1.46. The SMILES string of the molecule is Cc1cc(O[C@@H]2CCN(C(=O)c3nc4ccccc4s3)C2)cc(=O)n1C. The Morgan fingerprint density at radius 1 is 1.31 bits per heavy atom. The van der Waals surface area contributed by atoms with E-state index < -0.39 is 0 Å². The Kier molecular flexibility index (Phi) is 4.24. The number of aryl methyl sites for hydroxylation is 1. The van der Waals surface area contributed by atoms with E-state index in [1.54, 1.807) is 16.5 Å². The van der Waals surface area contributed by atoms with Gasteiger partial charge < -0.3 is 14.2 Å². The van der Waals surface area contributed by atoms with Gasteiger partial charge in [0.1, 0.15) is 11.9 Å². The molecule has 3 aromatic rings. The number of likely N-dealkylation sites (tertiary alicyclic amines) is 1.